The Morgan fingerprint density at radius 2 is 1.90 bits per heavy atom. The van der Waals surface area contributed by atoms with Crippen molar-refractivity contribution in [3.8, 4) is 0 Å². The smallest absolute Gasteiger partial charge is 0.248 e. The average molecular weight is 282 g/mol. The van der Waals surface area contributed by atoms with Crippen LogP contribution >= 0.6 is 0 Å². The minimum absolute atomic E-state index is 0.167. The number of benzene rings is 1. The molecule has 5 heteroatoms. The van der Waals surface area contributed by atoms with Gasteiger partial charge in [0.05, 0.1) is 6.04 Å². The van der Waals surface area contributed by atoms with Crippen LogP contribution in [0.3, 0.4) is 0 Å². The Morgan fingerprint density at radius 1 is 1.30 bits per heavy atom. The zero-order valence-corrected chi connectivity index (χ0v) is 11.3. The van der Waals surface area contributed by atoms with Gasteiger partial charge in [-0.2, -0.15) is 0 Å². The fourth-order valence-electron chi connectivity index (χ4n) is 2.56. The number of carbonyl (C=O) groups excluding carboxylic acids is 1. The second-order valence-corrected chi connectivity index (χ2v) is 5.34. The Morgan fingerprint density at radius 3 is 2.45 bits per heavy atom. The predicted molar refractivity (Wildman–Crippen MR) is 73.3 cm³/mol. The SMILES string of the molecule is NCC(NC(=O)C1CCC(F)(F)CC1)c1ccccc1. The van der Waals surface area contributed by atoms with Crippen LogP contribution in [-0.2, 0) is 4.79 Å². The first-order valence-electron chi connectivity index (χ1n) is 6.95. The molecule has 110 valence electrons. The summed E-state index contributed by atoms with van der Waals surface area (Å²) < 4.78 is 26.2. The van der Waals surface area contributed by atoms with E-state index >= 15 is 0 Å². The summed E-state index contributed by atoms with van der Waals surface area (Å²) in [6.45, 7) is 0.290. The molecule has 0 heterocycles. The van der Waals surface area contributed by atoms with Gasteiger partial charge < -0.3 is 11.1 Å². The molecule has 1 fully saturated rings. The molecule has 1 aliphatic carbocycles. The maximum atomic E-state index is 13.1. The quantitative estimate of drug-likeness (QED) is 0.892. The Labute approximate surface area is 117 Å². The van der Waals surface area contributed by atoms with Gasteiger partial charge in [-0.25, -0.2) is 8.78 Å². The molecule has 1 amide bonds. The van der Waals surface area contributed by atoms with Gasteiger partial charge in [0, 0.05) is 25.3 Å². The van der Waals surface area contributed by atoms with Crippen molar-refractivity contribution in [2.24, 2.45) is 11.7 Å². The summed E-state index contributed by atoms with van der Waals surface area (Å²) in [5, 5.41) is 2.87. The van der Waals surface area contributed by atoms with Gasteiger partial charge in [-0.15, -0.1) is 0 Å². The van der Waals surface area contributed by atoms with Gasteiger partial charge in [-0.05, 0) is 18.4 Å². The van der Waals surface area contributed by atoms with Crippen LogP contribution in [0.25, 0.3) is 0 Å². The van der Waals surface area contributed by atoms with Crippen LogP contribution in [0.5, 0.6) is 0 Å². The number of hydrogen-bond donors (Lipinski definition) is 2. The maximum Gasteiger partial charge on any atom is 0.248 e. The first kappa shape index (κ1) is 14.9. The second-order valence-electron chi connectivity index (χ2n) is 5.34. The first-order chi connectivity index (χ1) is 9.52. The lowest BCUT2D eigenvalue weighted by molar-refractivity contribution is -0.129. The Kier molecular flexibility index (Phi) is 4.70. The summed E-state index contributed by atoms with van der Waals surface area (Å²) in [7, 11) is 0. The molecule has 0 saturated heterocycles. The van der Waals surface area contributed by atoms with Crippen LogP contribution < -0.4 is 11.1 Å². The standard InChI is InChI=1S/C15H20F2N2O/c16-15(17)8-6-12(7-9-15)14(20)19-13(10-18)11-4-2-1-3-5-11/h1-5,12-13H,6-10,18H2,(H,19,20). The summed E-state index contributed by atoms with van der Waals surface area (Å²) >= 11 is 0. The fraction of sp³-hybridized carbons (Fsp3) is 0.533. The molecule has 1 aromatic rings. The summed E-state index contributed by atoms with van der Waals surface area (Å²) in [4.78, 5) is 12.1. The molecule has 1 aromatic carbocycles. The minimum Gasteiger partial charge on any atom is -0.348 e. The molecule has 1 saturated carbocycles. The highest BCUT2D eigenvalue weighted by atomic mass is 19.3. The van der Waals surface area contributed by atoms with Crippen LogP contribution in [0.15, 0.2) is 30.3 Å². The highest BCUT2D eigenvalue weighted by molar-refractivity contribution is 5.79. The molecule has 0 spiro atoms. The molecule has 3 N–H and O–H groups in total. The number of amides is 1. The van der Waals surface area contributed by atoms with Crippen LogP contribution in [0.4, 0.5) is 8.78 Å². The van der Waals surface area contributed by atoms with Gasteiger partial charge in [0.2, 0.25) is 11.8 Å². The number of nitrogens with one attached hydrogen (secondary N) is 1. The van der Waals surface area contributed by atoms with E-state index in [2.05, 4.69) is 5.32 Å². The van der Waals surface area contributed by atoms with Gasteiger partial charge in [-0.1, -0.05) is 30.3 Å². The highest BCUT2D eigenvalue weighted by Gasteiger charge is 2.37. The highest BCUT2D eigenvalue weighted by Crippen LogP contribution is 2.36. The molecule has 20 heavy (non-hydrogen) atoms. The molecule has 0 aromatic heterocycles. The molecule has 1 unspecified atom stereocenters. The topological polar surface area (TPSA) is 55.1 Å². The largest absolute Gasteiger partial charge is 0.348 e. The van der Waals surface area contributed by atoms with Crippen molar-refractivity contribution in [1.29, 1.82) is 0 Å². The van der Waals surface area contributed by atoms with Gasteiger partial charge in [0.1, 0.15) is 0 Å². The third-order valence-corrected chi connectivity index (χ3v) is 3.84. The minimum atomic E-state index is -2.61. The van der Waals surface area contributed by atoms with Crippen molar-refractivity contribution in [3.05, 3.63) is 35.9 Å². The van der Waals surface area contributed by atoms with Gasteiger partial charge in [0.15, 0.2) is 0 Å². The number of halogens is 2. The Bertz CT molecular complexity index is 440. The van der Waals surface area contributed by atoms with Crippen LogP contribution in [0.1, 0.15) is 37.3 Å². The molecular weight excluding hydrogens is 262 g/mol. The van der Waals surface area contributed by atoms with E-state index in [0.29, 0.717) is 6.54 Å². The monoisotopic (exact) mass is 282 g/mol. The molecule has 0 aliphatic heterocycles. The van der Waals surface area contributed by atoms with Crippen molar-refractivity contribution < 1.29 is 13.6 Å². The molecule has 1 aliphatic rings. The van der Waals surface area contributed by atoms with Crippen LogP contribution in [0.2, 0.25) is 0 Å². The Balaban J connectivity index is 1.93. The lowest BCUT2D eigenvalue weighted by Crippen LogP contribution is -2.40. The molecule has 2 rings (SSSR count). The van der Waals surface area contributed by atoms with E-state index in [1.165, 1.54) is 0 Å². The number of nitrogens with two attached hydrogens (primary N) is 1. The third kappa shape index (κ3) is 3.76. The zero-order chi connectivity index (χ0) is 14.6. The maximum absolute atomic E-state index is 13.1. The van der Waals surface area contributed by atoms with Crippen LogP contribution in [-0.4, -0.2) is 18.4 Å². The molecule has 0 radical (unpaired) electrons. The van der Waals surface area contributed by atoms with E-state index in [1.807, 2.05) is 30.3 Å². The number of alkyl halides is 2. The number of carbonyl (C=O) groups is 1. The van der Waals surface area contributed by atoms with Gasteiger partial charge in [-0.3, -0.25) is 4.79 Å². The number of rotatable bonds is 4. The molecule has 3 nitrogen and oxygen atoms in total. The summed E-state index contributed by atoms with van der Waals surface area (Å²) in [6.07, 6.45) is 0.0727. The summed E-state index contributed by atoms with van der Waals surface area (Å²) in [6, 6.07) is 9.18. The predicted octanol–water partition coefficient (Wildman–Crippen LogP) is 2.63. The van der Waals surface area contributed by atoms with Gasteiger partial charge >= 0.3 is 0 Å². The van der Waals surface area contributed by atoms with Crippen molar-refractivity contribution in [2.45, 2.75) is 37.6 Å². The van der Waals surface area contributed by atoms with E-state index < -0.39 is 5.92 Å². The lowest BCUT2D eigenvalue weighted by Gasteiger charge is -2.29. The van der Waals surface area contributed by atoms with Crippen molar-refractivity contribution in [1.82, 2.24) is 5.32 Å². The second kappa shape index (κ2) is 6.31. The first-order valence-corrected chi connectivity index (χ1v) is 6.95. The van der Waals surface area contributed by atoms with Crippen molar-refractivity contribution in [2.75, 3.05) is 6.54 Å². The summed E-state index contributed by atoms with van der Waals surface area (Å²) in [5.74, 6) is -3.10. The normalized spacial score (nSPS) is 20.4. The van der Waals surface area contributed by atoms with E-state index in [1.54, 1.807) is 0 Å². The van der Waals surface area contributed by atoms with Gasteiger partial charge in [0.25, 0.3) is 0 Å². The third-order valence-electron chi connectivity index (χ3n) is 3.84. The van der Waals surface area contributed by atoms with Crippen molar-refractivity contribution >= 4 is 5.91 Å². The molecular formula is C15H20F2N2O. The lowest BCUT2D eigenvalue weighted by atomic mass is 9.86. The molecule has 0 bridgehead atoms. The average Bonchev–Trinajstić information content (AvgIpc) is 2.45. The molecule has 1 atom stereocenters. The van der Waals surface area contributed by atoms with E-state index in [-0.39, 0.29) is 43.6 Å². The number of hydrogen-bond acceptors (Lipinski definition) is 2. The van der Waals surface area contributed by atoms with E-state index in [0.717, 1.165) is 5.56 Å². The van der Waals surface area contributed by atoms with Crippen molar-refractivity contribution in [3.63, 3.8) is 0 Å². The summed E-state index contributed by atoms with van der Waals surface area (Å²) in [5.41, 5.74) is 6.63. The van der Waals surface area contributed by atoms with E-state index in [4.69, 9.17) is 5.73 Å². The fourth-order valence-corrected chi connectivity index (χ4v) is 2.56. The zero-order valence-electron chi connectivity index (χ0n) is 11.3. The van der Waals surface area contributed by atoms with Crippen LogP contribution in [0, 0.1) is 5.92 Å². The van der Waals surface area contributed by atoms with E-state index in [9.17, 15) is 13.6 Å². The Hall–Kier alpha value is -1.49.